The molecule has 0 spiro atoms. The summed E-state index contributed by atoms with van der Waals surface area (Å²) >= 11 is 1.46. The number of nitro groups is 1. The number of aromatic nitrogens is 2. The third kappa shape index (κ3) is 2.64. The first-order valence-corrected chi connectivity index (χ1v) is 7.56. The molecule has 7 nitrogen and oxygen atoms in total. The Morgan fingerprint density at radius 3 is 2.83 bits per heavy atom. The summed E-state index contributed by atoms with van der Waals surface area (Å²) in [5.74, 6) is 0. The molecular weight excluding hydrogens is 316 g/mol. The molecule has 116 valence electrons. The van der Waals surface area contributed by atoms with E-state index in [0.717, 1.165) is 15.1 Å². The predicted molar refractivity (Wildman–Crippen MR) is 89.4 cm³/mol. The molecule has 3 aromatic rings. The van der Waals surface area contributed by atoms with E-state index in [1.165, 1.54) is 29.9 Å². The number of hydrogen-bond acceptors (Lipinski definition) is 6. The van der Waals surface area contributed by atoms with Gasteiger partial charge < -0.3 is 0 Å². The van der Waals surface area contributed by atoms with Crippen LogP contribution in [0, 0.1) is 24.0 Å². The Morgan fingerprint density at radius 2 is 2.09 bits per heavy atom. The van der Waals surface area contributed by atoms with Gasteiger partial charge in [-0.15, -0.1) is 11.3 Å². The van der Waals surface area contributed by atoms with Crippen LogP contribution in [0.15, 0.2) is 40.5 Å². The Kier molecular flexibility index (Phi) is 3.75. The number of aryl methyl sites for hydroxylation is 2. The second kappa shape index (κ2) is 5.73. The summed E-state index contributed by atoms with van der Waals surface area (Å²) in [5.41, 5.74) is 0.855. The minimum atomic E-state index is -0.488. The van der Waals surface area contributed by atoms with Crippen molar-refractivity contribution >= 4 is 33.5 Å². The van der Waals surface area contributed by atoms with Gasteiger partial charge in [-0.05, 0) is 25.5 Å². The maximum atomic E-state index is 12.5. The summed E-state index contributed by atoms with van der Waals surface area (Å²) in [6.07, 6.45) is 2.62. The van der Waals surface area contributed by atoms with Crippen LogP contribution >= 0.6 is 11.3 Å². The third-order valence-corrected chi connectivity index (χ3v) is 4.64. The second-order valence-corrected chi connectivity index (χ2v) is 6.12. The molecule has 0 aliphatic carbocycles. The zero-order chi connectivity index (χ0) is 16.6. The first kappa shape index (κ1) is 15.0. The number of hydrogen-bond donors (Lipinski definition) is 0. The Balaban J connectivity index is 2.09. The molecule has 0 radical (unpaired) electrons. The number of thiophene rings is 1. The Labute approximate surface area is 134 Å². The number of benzene rings is 1. The van der Waals surface area contributed by atoms with Crippen molar-refractivity contribution < 1.29 is 4.92 Å². The zero-order valence-corrected chi connectivity index (χ0v) is 13.2. The van der Waals surface area contributed by atoms with Gasteiger partial charge in [-0.2, -0.15) is 9.78 Å². The van der Waals surface area contributed by atoms with Crippen LogP contribution < -0.4 is 5.56 Å². The van der Waals surface area contributed by atoms with E-state index in [-0.39, 0.29) is 11.2 Å². The minimum absolute atomic E-state index is 0.0686. The van der Waals surface area contributed by atoms with Gasteiger partial charge in [0, 0.05) is 10.9 Å². The van der Waals surface area contributed by atoms with E-state index in [1.807, 2.05) is 13.8 Å². The van der Waals surface area contributed by atoms with Crippen LogP contribution in [0.1, 0.15) is 16.0 Å². The molecular formula is C15H12N4O3S. The number of para-hydroxylation sites is 1. The Morgan fingerprint density at radius 1 is 1.35 bits per heavy atom. The molecule has 2 aromatic heterocycles. The van der Waals surface area contributed by atoms with Crippen molar-refractivity contribution in [3.63, 3.8) is 0 Å². The molecule has 0 amide bonds. The highest BCUT2D eigenvalue weighted by molar-refractivity contribution is 7.18. The van der Waals surface area contributed by atoms with Crippen LogP contribution in [0.5, 0.6) is 0 Å². The Hall–Kier alpha value is -2.87. The van der Waals surface area contributed by atoms with Crippen LogP contribution in [0.4, 0.5) is 5.69 Å². The SMILES string of the molecule is Cc1sc2ncn(N=Cc3ccccc3[N+](=O)[O-])c(=O)c2c1C. The predicted octanol–water partition coefficient (Wildman–Crippen LogP) is 2.87. The number of nitrogens with zero attached hydrogens (tertiary/aromatic N) is 4. The van der Waals surface area contributed by atoms with Gasteiger partial charge in [0.05, 0.1) is 22.1 Å². The highest BCUT2D eigenvalue weighted by Crippen LogP contribution is 2.25. The van der Waals surface area contributed by atoms with E-state index >= 15 is 0 Å². The summed E-state index contributed by atoms with van der Waals surface area (Å²) in [7, 11) is 0. The molecule has 0 fully saturated rings. The number of rotatable bonds is 3. The Bertz CT molecular complexity index is 1000. The summed E-state index contributed by atoms with van der Waals surface area (Å²) in [6.45, 7) is 3.80. The van der Waals surface area contributed by atoms with Gasteiger partial charge in [0.1, 0.15) is 11.2 Å². The van der Waals surface area contributed by atoms with Crippen LogP contribution in [0.2, 0.25) is 0 Å². The molecule has 0 unspecified atom stereocenters. The first-order chi connectivity index (χ1) is 11.0. The van der Waals surface area contributed by atoms with Crippen LogP contribution in [-0.4, -0.2) is 20.8 Å². The molecule has 0 aliphatic rings. The lowest BCUT2D eigenvalue weighted by molar-refractivity contribution is -0.385. The molecule has 0 atom stereocenters. The van der Waals surface area contributed by atoms with E-state index in [0.29, 0.717) is 15.8 Å². The topological polar surface area (TPSA) is 90.4 Å². The molecule has 2 heterocycles. The fraction of sp³-hybridized carbons (Fsp3) is 0.133. The lowest BCUT2D eigenvalue weighted by atomic mass is 10.2. The van der Waals surface area contributed by atoms with E-state index in [4.69, 9.17) is 0 Å². The van der Waals surface area contributed by atoms with Gasteiger partial charge >= 0.3 is 0 Å². The fourth-order valence-electron chi connectivity index (χ4n) is 2.20. The van der Waals surface area contributed by atoms with Gasteiger partial charge in [-0.1, -0.05) is 12.1 Å². The van der Waals surface area contributed by atoms with Crippen LogP contribution in [0.25, 0.3) is 10.2 Å². The molecule has 0 N–H and O–H groups in total. The van der Waals surface area contributed by atoms with Gasteiger partial charge in [-0.3, -0.25) is 14.9 Å². The smallest absolute Gasteiger partial charge is 0.267 e. The summed E-state index contributed by atoms with van der Waals surface area (Å²) < 4.78 is 1.10. The van der Waals surface area contributed by atoms with E-state index < -0.39 is 4.92 Å². The second-order valence-electron chi connectivity index (χ2n) is 4.92. The molecule has 0 bridgehead atoms. The van der Waals surface area contributed by atoms with Crippen molar-refractivity contribution in [2.45, 2.75) is 13.8 Å². The van der Waals surface area contributed by atoms with E-state index in [9.17, 15) is 14.9 Å². The quantitative estimate of drug-likeness (QED) is 0.420. The average molecular weight is 328 g/mol. The van der Waals surface area contributed by atoms with Crippen molar-refractivity contribution in [1.82, 2.24) is 9.66 Å². The van der Waals surface area contributed by atoms with Crippen LogP contribution in [0.3, 0.4) is 0 Å². The maximum absolute atomic E-state index is 12.5. The molecule has 0 aliphatic heterocycles. The standard InChI is InChI=1S/C15H12N4O3S/c1-9-10(2)23-14-13(9)15(20)18(8-16-14)17-7-11-5-3-4-6-12(11)19(21)22/h3-8H,1-2H3. The summed E-state index contributed by atoms with van der Waals surface area (Å²) in [4.78, 5) is 28.9. The number of nitro benzene ring substituents is 1. The molecule has 23 heavy (non-hydrogen) atoms. The number of fused-ring (bicyclic) bond motifs is 1. The highest BCUT2D eigenvalue weighted by Gasteiger charge is 2.13. The van der Waals surface area contributed by atoms with Crippen molar-refractivity contribution in [2.24, 2.45) is 5.10 Å². The highest BCUT2D eigenvalue weighted by atomic mass is 32.1. The van der Waals surface area contributed by atoms with Crippen molar-refractivity contribution in [2.75, 3.05) is 0 Å². The van der Waals surface area contributed by atoms with Crippen molar-refractivity contribution in [1.29, 1.82) is 0 Å². The molecule has 0 saturated heterocycles. The average Bonchev–Trinajstić information content (AvgIpc) is 2.82. The monoisotopic (exact) mass is 328 g/mol. The zero-order valence-electron chi connectivity index (χ0n) is 12.4. The van der Waals surface area contributed by atoms with Gasteiger partial charge in [0.25, 0.3) is 11.2 Å². The molecule has 0 saturated carbocycles. The molecule has 8 heteroatoms. The third-order valence-electron chi connectivity index (χ3n) is 3.53. The van der Waals surface area contributed by atoms with Crippen molar-refractivity contribution in [3.05, 3.63) is 67.1 Å². The lowest BCUT2D eigenvalue weighted by Gasteiger charge is -1.99. The first-order valence-electron chi connectivity index (χ1n) is 6.74. The van der Waals surface area contributed by atoms with Gasteiger partial charge in [-0.25, -0.2) is 4.98 Å². The van der Waals surface area contributed by atoms with Gasteiger partial charge in [0.2, 0.25) is 0 Å². The van der Waals surface area contributed by atoms with Crippen molar-refractivity contribution in [3.8, 4) is 0 Å². The van der Waals surface area contributed by atoms with E-state index in [2.05, 4.69) is 10.1 Å². The fourth-order valence-corrected chi connectivity index (χ4v) is 3.18. The minimum Gasteiger partial charge on any atom is -0.267 e. The van der Waals surface area contributed by atoms with Gasteiger partial charge in [0.15, 0.2) is 0 Å². The summed E-state index contributed by atoms with van der Waals surface area (Å²) in [5, 5.41) is 15.6. The molecule has 3 rings (SSSR count). The van der Waals surface area contributed by atoms with Crippen LogP contribution in [-0.2, 0) is 0 Å². The molecule has 1 aromatic carbocycles. The lowest BCUT2D eigenvalue weighted by Crippen LogP contribution is -2.17. The summed E-state index contributed by atoms with van der Waals surface area (Å²) in [6, 6.07) is 6.20. The normalized spacial score (nSPS) is 11.4. The van der Waals surface area contributed by atoms with E-state index in [1.54, 1.807) is 18.2 Å². The maximum Gasteiger partial charge on any atom is 0.282 e. The largest absolute Gasteiger partial charge is 0.282 e.